The molecule has 1 aromatic carbocycles. The van der Waals surface area contributed by atoms with E-state index in [0.29, 0.717) is 15.8 Å². The van der Waals surface area contributed by atoms with E-state index in [1.54, 1.807) is 12.1 Å². The van der Waals surface area contributed by atoms with Crippen molar-refractivity contribution in [1.29, 1.82) is 0 Å². The third-order valence-corrected chi connectivity index (χ3v) is 2.51. The van der Waals surface area contributed by atoms with Gasteiger partial charge in [0.05, 0.1) is 11.4 Å². The van der Waals surface area contributed by atoms with E-state index in [9.17, 15) is 9.59 Å². The Hall–Kier alpha value is -1.66. The van der Waals surface area contributed by atoms with Crippen LogP contribution in [0.5, 0.6) is 5.75 Å². The van der Waals surface area contributed by atoms with Gasteiger partial charge < -0.3 is 20.5 Å². The standard InChI is InChI=1S/C11H12Cl2N2O4/c12-7-1-2-9(8(13)5-7)19-6-15-11(18)14-4-3-10(16)17/h1-2,5H,3-4,6H2,(H,16,17)(H2,14,15,18). The predicted molar refractivity (Wildman–Crippen MR) is 70.7 cm³/mol. The van der Waals surface area contributed by atoms with Gasteiger partial charge in [0.1, 0.15) is 5.75 Å². The Kier molecular flexibility index (Phi) is 6.24. The molecule has 6 nitrogen and oxygen atoms in total. The minimum atomic E-state index is -0.982. The van der Waals surface area contributed by atoms with Crippen molar-refractivity contribution in [2.45, 2.75) is 6.42 Å². The SMILES string of the molecule is O=C(O)CCNC(=O)NCOc1ccc(Cl)cc1Cl. The van der Waals surface area contributed by atoms with E-state index in [-0.39, 0.29) is 19.7 Å². The highest BCUT2D eigenvalue weighted by atomic mass is 35.5. The number of carbonyl (C=O) groups excluding carboxylic acids is 1. The Morgan fingerprint density at radius 3 is 2.63 bits per heavy atom. The number of aliphatic carboxylic acids is 1. The van der Waals surface area contributed by atoms with Crippen LogP contribution in [0.25, 0.3) is 0 Å². The molecule has 0 saturated heterocycles. The molecule has 104 valence electrons. The summed E-state index contributed by atoms with van der Waals surface area (Å²) in [7, 11) is 0. The summed E-state index contributed by atoms with van der Waals surface area (Å²) in [4.78, 5) is 21.4. The average Bonchev–Trinajstić information content (AvgIpc) is 2.31. The molecular weight excluding hydrogens is 295 g/mol. The zero-order valence-corrected chi connectivity index (χ0v) is 11.3. The molecule has 0 aromatic heterocycles. The van der Waals surface area contributed by atoms with E-state index >= 15 is 0 Å². The van der Waals surface area contributed by atoms with Crippen LogP contribution in [0.3, 0.4) is 0 Å². The Balaban J connectivity index is 2.26. The number of ether oxygens (including phenoxy) is 1. The molecule has 0 heterocycles. The van der Waals surface area contributed by atoms with Crippen LogP contribution in [0, 0.1) is 0 Å². The van der Waals surface area contributed by atoms with E-state index in [1.165, 1.54) is 6.07 Å². The van der Waals surface area contributed by atoms with Gasteiger partial charge in [-0.25, -0.2) is 4.79 Å². The van der Waals surface area contributed by atoms with Crippen molar-refractivity contribution in [1.82, 2.24) is 10.6 Å². The van der Waals surface area contributed by atoms with Crippen molar-refractivity contribution < 1.29 is 19.4 Å². The molecular formula is C11H12Cl2N2O4. The molecule has 2 amide bonds. The Labute approximate surface area is 119 Å². The number of amides is 2. The van der Waals surface area contributed by atoms with Gasteiger partial charge in [-0.1, -0.05) is 23.2 Å². The van der Waals surface area contributed by atoms with Crippen LogP contribution in [-0.4, -0.2) is 30.4 Å². The van der Waals surface area contributed by atoms with Crippen LogP contribution >= 0.6 is 23.2 Å². The van der Waals surface area contributed by atoms with Gasteiger partial charge in [-0.05, 0) is 18.2 Å². The molecule has 0 fully saturated rings. The van der Waals surface area contributed by atoms with E-state index < -0.39 is 12.0 Å². The molecule has 0 saturated carbocycles. The Bertz CT molecular complexity index is 468. The lowest BCUT2D eigenvalue weighted by atomic mass is 10.3. The number of urea groups is 1. The first-order valence-electron chi connectivity index (χ1n) is 5.30. The van der Waals surface area contributed by atoms with Gasteiger partial charge in [0.2, 0.25) is 0 Å². The monoisotopic (exact) mass is 306 g/mol. The van der Waals surface area contributed by atoms with Crippen LogP contribution in [-0.2, 0) is 4.79 Å². The highest BCUT2D eigenvalue weighted by Gasteiger charge is 2.04. The number of carbonyl (C=O) groups is 2. The molecule has 0 aliphatic carbocycles. The number of hydrogen-bond acceptors (Lipinski definition) is 3. The first-order chi connectivity index (χ1) is 8.99. The number of hydrogen-bond donors (Lipinski definition) is 3. The summed E-state index contributed by atoms with van der Waals surface area (Å²) < 4.78 is 5.21. The Morgan fingerprint density at radius 2 is 2.00 bits per heavy atom. The van der Waals surface area contributed by atoms with Crippen LogP contribution in [0.4, 0.5) is 4.79 Å². The second kappa shape index (κ2) is 7.70. The first kappa shape index (κ1) is 15.4. The molecule has 19 heavy (non-hydrogen) atoms. The van der Waals surface area contributed by atoms with Gasteiger partial charge in [0.15, 0.2) is 6.73 Å². The highest BCUT2D eigenvalue weighted by Crippen LogP contribution is 2.27. The van der Waals surface area contributed by atoms with E-state index in [2.05, 4.69) is 10.6 Å². The number of rotatable bonds is 6. The summed E-state index contributed by atoms with van der Waals surface area (Å²) in [6, 6.07) is 4.18. The summed E-state index contributed by atoms with van der Waals surface area (Å²) in [5.74, 6) is -0.596. The third-order valence-electron chi connectivity index (χ3n) is 1.98. The number of carboxylic acids is 1. The van der Waals surface area contributed by atoms with Crippen molar-refractivity contribution in [3.63, 3.8) is 0 Å². The number of benzene rings is 1. The fourth-order valence-corrected chi connectivity index (χ4v) is 1.58. The third kappa shape index (κ3) is 6.17. The van der Waals surface area contributed by atoms with Gasteiger partial charge >= 0.3 is 12.0 Å². The zero-order valence-electron chi connectivity index (χ0n) is 9.78. The fourth-order valence-electron chi connectivity index (χ4n) is 1.12. The topological polar surface area (TPSA) is 87.7 Å². The minimum absolute atomic E-state index is 0.0445. The molecule has 0 unspecified atom stereocenters. The summed E-state index contributed by atoms with van der Waals surface area (Å²) in [5, 5.41) is 13.9. The molecule has 1 aromatic rings. The largest absolute Gasteiger partial charge is 0.481 e. The molecule has 0 aliphatic heterocycles. The summed E-state index contributed by atoms with van der Waals surface area (Å²) in [5.41, 5.74) is 0. The van der Waals surface area contributed by atoms with Crippen LogP contribution in [0.15, 0.2) is 18.2 Å². The summed E-state index contributed by atoms with van der Waals surface area (Å²) in [6.45, 7) is -0.0525. The molecule has 3 N–H and O–H groups in total. The van der Waals surface area contributed by atoms with Gasteiger partial charge in [-0.2, -0.15) is 0 Å². The molecule has 0 aliphatic rings. The van der Waals surface area contributed by atoms with E-state index in [4.69, 9.17) is 33.0 Å². The fraction of sp³-hybridized carbons (Fsp3) is 0.273. The number of halogens is 2. The molecule has 0 radical (unpaired) electrons. The normalized spacial score (nSPS) is 9.79. The summed E-state index contributed by atoms with van der Waals surface area (Å²) in [6.07, 6.45) is -0.142. The lowest BCUT2D eigenvalue weighted by molar-refractivity contribution is -0.136. The van der Waals surface area contributed by atoms with Crippen molar-refractivity contribution in [2.75, 3.05) is 13.3 Å². The van der Waals surface area contributed by atoms with Crippen molar-refractivity contribution in [3.8, 4) is 5.75 Å². The number of carboxylic acid groups (broad SMARTS) is 1. The average molecular weight is 307 g/mol. The van der Waals surface area contributed by atoms with Crippen molar-refractivity contribution in [2.24, 2.45) is 0 Å². The maximum Gasteiger partial charge on any atom is 0.317 e. The second-order valence-corrected chi connectivity index (χ2v) is 4.28. The van der Waals surface area contributed by atoms with Crippen LogP contribution < -0.4 is 15.4 Å². The predicted octanol–water partition coefficient (Wildman–Crippen LogP) is 2.10. The lowest BCUT2D eigenvalue weighted by Crippen LogP contribution is -2.38. The minimum Gasteiger partial charge on any atom is -0.481 e. The van der Waals surface area contributed by atoms with E-state index in [0.717, 1.165) is 0 Å². The lowest BCUT2D eigenvalue weighted by Gasteiger charge is -2.10. The number of nitrogens with one attached hydrogen (secondary N) is 2. The molecule has 0 atom stereocenters. The van der Waals surface area contributed by atoms with Crippen LogP contribution in [0.2, 0.25) is 10.0 Å². The van der Waals surface area contributed by atoms with Gasteiger partial charge in [0.25, 0.3) is 0 Å². The smallest absolute Gasteiger partial charge is 0.317 e. The first-order valence-corrected chi connectivity index (χ1v) is 6.06. The Morgan fingerprint density at radius 1 is 1.26 bits per heavy atom. The van der Waals surface area contributed by atoms with Gasteiger partial charge in [0, 0.05) is 11.6 Å². The molecule has 0 spiro atoms. The second-order valence-electron chi connectivity index (χ2n) is 3.44. The zero-order chi connectivity index (χ0) is 14.3. The van der Waals surface area contributed by atoms with Crippen LogP contribution in [0.1, 0.15) is 6.42 Å². The maximum absolute atomic E-state index is 11.2. The maximum atomic E-state index is 11.2. The van der Waals surface area contributed by atoms with Gasteiger partial charge in [-0.3, -0.25) is 4.79 Å². The van der Waals surface area contributed by atoms with Crippen molar-refractivity contribution in [3.05, 3.63) is 28.2 Å². The molecule has 0 bridgehead atoms. The highest BCUT2D eigenvalue weighted by molar-refractivity contribution is 6.35. The van der Waals surface area contributed by atoms with Gasteiger partial charge in [-0.15, -0.1) is 0 Å². The van der Waals surface area contributed by atoms with Crippen molar-refractivity contribution >= 4 is 35.2 Å². The van der Waals surface area contributed by atoms with E-state index in [1.807, 2.05) is 0 Å². The molecule has 8 heteroatoms. The quantitative estimate of drug-likeness (QED) is 0.702. The molecule has 1 rings (SSSR count). The summed E-state index contributed by atoms with van der Waals surface area (Å²) >= 11 is 11.6.